The van der Waals surface area contributed by atoms with Crippen molar-refractivity contribution in [3.05, 3.63) is 45.6 Å². The number of hydrogen-bond donors (Lipinski definition) is 3. The number of nitrogens with one attached hydrogen (secondary N) is 3. The first-order valence-corrected chi connectivity index (χ1v) is 14.8. The van der Waals surface area contributed by atoms with Gasteiger partial charge in [-0.1, -0.05) is 33.8 Å². The Morgan fingerprint density at radius 1 is 0.955 bits per heavy atom. The molecule has 3 N–H and O–H groups in total. The van der Waals surface area contributed by atoms with Crippen LogP contribution in [0.2, 0.25) is 0 Å². The van der Waals surface area contributed by atoms with Gasteiger partial charge < -0.3 is 34.9 Å². The van der Waals surface area contributed by atoms with Crippen molar-refractivity contribution < 1.29 is 33.3 Å². The lowest BCUT2D eigenvalue weighted by Gasteiger charge is -2.25. The van der Waals surface area contributed by atoms with E-state index in [-0.39, 0.29) is 28.9 Å². The number of rotatable bonds is 12. The molecule has 11 nitrogen and oxygen atoms in total. The standard InChI is InChI=1S/C33H45N3O8/c1-17(2)14-25(32(39)36-29(18(3)4)33(40)44-9)35-24-13-11-21-22(16-26(24)38)23(34-19(5)37)12-10-20-15-27(41-6)30(42-7)31(43-8)28(20)21/h11,13,15-18,23,25,29H,10,12,14H2,1-9H3,(H,34,37)(H,35,38)(H,36,39). The first kappa shape index (κ1) is 34.2. The number of benzene rings is 1. The third kappa shape index (κ3) is 7.62. The second-order valence-corrected chi connectivity index (χ2v) is 11.7. The molecular weight excluding hydrogens is 566 g/mol. The Kier molecular flexibility index (Phi) is 11.6. The Labute approximate surface area is 259 Å². The molecule has 44 heavy (non-hydrogen) atoms. The maximum atomic E-state index is 13.8. The van der Waals surface area contributed by atoms with Crippen LogP contribution in [-0.4, -0.2) is 58.3 Å². The zero-order valence-electron chi connectivity index (χ0n) is 27.1. The molecular formula is C33H45N3O8. The van der Waals surface area contributed by atoms with Crippen LogP contribution < -0.4 is 35.6 Å². The number of anilines is 1. The van der Waals surface area contributed by atoms with Gasteiger partial charge in [-0.15, -0.1) is 0 Å². The van der Waals surface area contributed by atoms with E-state index >= 15 is 0 Å². The van der Waals surface area contributed by atoms with E-state index in [0.29, 0.717) is 47.6 Å². The molecule has 1 aliphatic rings. The topological polar surface area (TPSA) is 141 Å². The highest BCUT2D eigenvalue weighted by molar-refractivity contribution is 5.89. The first-order chi connectivity index (χ1) is 20.9. The number of methoxy groups -OCH3 is 4. The lowest BCUT2D eigenvalue weighted by molar-refractivity contribution is -0.146. The minimum atomic E-state index is -0.840. The van der Waals surface area contributed by atoms with Gasteiger partial charge in [0.05, 0.1) is 40.2 Å². The van der Waals surface area contributed by atoms with E-state index in [0.717, 1.165) is 11.1 Å². The fraction of sp³-hybridized carbons (Fsp3) is 0.515. The van der Waals surface area contributed by atoms with Crippen LogP contribution in [0.1, 0.15) is 64.6 Å². The number of esters is 1. The van der Waals surface area contributed by atoms with Crippen LogP contribution in [0, 0.1) is 11.8 Å². The zero-order valence-corrected chi connectivity index (χ0v) is 27.1. The van der Waals surface area contributed by atoms with Crippen LogP contribution >= 0.6 is 0 Å². The molecule has 0 aliphatic heterocycles. The molecule has 240 valence electrons. The van der Waals surface area contributed by atoms with Crippen LogP contribution in [0.25, 0.3) is 11.1 Å². The molecule has 0 aromatic heterocycles. The number of hydrogen-bond acceptors (Lipinski definition) is 9. The van der Waals surface area contributed by atoms with Crippen molar-refractivity contribution in [1.29, 1.82) is 0 Å². The van der Waals surface area contributed by atoms with E-state index in [1.807, 2.05) is 33.8 Å². The van der Waals surface area contributed by atoms with E-state index < -0.39 is 30.0 Å². The van der Waals surface area contributed by atoms with Gasteiger partial charge in [0.25, 0.3) is 0 Å². The molecule has 3 rings (SSSR count). The van der Waals surface area contributed by atoms with Crippen LogP contribution in [-0.2, 0) is 25.5 Å². The Bertz CT molecular complexity index is 1440. The smallest absolute Gasteiger partial charge is 0.328 e. The molecule has 0 fully saturated rings. The van der Waals surface area contributed by atoms with E-state index in [1.54, 1.807) is 19.2 Å². The Hall–Kier alpha value is -4.28. The van der Waals surface area contributed by atoms with Crippen molar-refractivity contribution in [2.24, 2.45) is 11.8 Å². The van der Waals surface area contributed by atoms with E-state index in [9.17, 15) is 19.2 Å². The number of carbonyl (C=O) groups excluding carboxylic acids is 3. The fourth-order valence-corrected chi connectivity index (χ4v) is 5.60. The fourth-order valence-electron chi connectivity index (χ4n) is 5.60. The van der Waals surface area contributed by atoms with Crippen LogP contribution in [0.15, 0.2) is 29.1 Å². The number of carbonyl (C=O) groups is 3. The highest BCUT2D eigenvalue weighted by Gasteiger charge is 2.31. The summed E-state index contributed by atoms with van der Waals surface area (Å²) in [6, 6.07) is 4.70. The summed E-state index contributed by atoms with van der Waals surface area (Å²) in [6.45, 7) is 9.00. The summed E-state index contributed by atoms with van der Waals surface area (Å²) in [7, 11) is 5.89. The summed E-state index contributed by atoms with van der Waals surface area (Å²) in [5.74, 6) is 0.0519. The summed E-state index contributed by atoms with van der Waals surface area (Å²) in [4.78, 5) is 51.9. The molecule has 2 aromatic rings. The third-order valence-electron chi connectivity index (χ3n) is 7.69. The molecule has 3 atom stereocenters. The molecule has 0 saturated carbocycles. The molecule has 0 spiro atoms. The van der Waals surface area contributed by atoms with Crippen LogP contribution in [0.4, 0.5) is 5.69 Å². The van der Waals surface area contributed by atoms with Crippen molar-refractivity contribution in [1.82, 2.24) is 10.6 Å². The largest absolute Gasteiger partial charge is 0.493 e. The van der Waals surface area contributed by atoms with Gasteiger partial charge in [0.1, 0.15) is 12.1 Å². The minimum absolute atomic E-state index is 0.0980. The second-order valence-electron chi connectivity index (χ2n) is 11.7. The number of amides is 2. The molecule has 11 heteroatoms. The van der Waals surface area contributed by atoms with Gasteiger partial charge in [0.15, 0.2) is 11.5 Å². The minimum Gasteiger partial charge on any atom is -0.493 e. The Morgan fingerprint density at radius 3 is 2.18 bits per heavy atom. The maximum absolute atomic E-state index is 13.8. The van der Waals surface area contributed by atoms with Crippen LogP contribution in [0.3, 0.4) is 0 Å². The molecule has 2 amide bonds. The van der Waals surface area contributed by atoms with Gasteiger partial charge in [-0.25, -0.2) is 4.79 Å². The molecule has 0 heterocycles. The molecule has 0 radical (unpaired) electrons. The molecule has 0 bridgehead atoms. The quantitative estimate of drug-likeness (QED) is 0.304. The normalized spacial score (nSPS) is 15.2. The van der Waals surface area contributed by atoms with Gasteiger partial charge in [-0.05, 0) is 66.0 Å². The zero-order chi connectivity index (χ0) is 32.7. The highest BCUT2D eigenvalue weighted by atomic mass is 16.5. The Morgan fingerprint density at radius 2 is 1.64 bits per heavy atom. The summed E-state index contributed by atoms with van der Waals surface area (Å²) >= 11 is 0. The van der Waals surface area contributed by atoms with Gasteiger partial charge in [0.2, 0.25) is 23.0 Å². The highest BCUT2D eigenvalue weighted by Crippen LogP contribution is 2.50. The monoisotopic (exact) mass is 611 g/mol. The van der Waals surface area contributed by atoms with E-state index in [4.69, 9.17) is 18.9 Å². The van der Waals surface area contributed by atoms with Crippen molar-refractivity contribution in [3.8, 4) is 28.4 Å². The number of aryl methyl sites for hydroxylation is 1. The molecule has 0 saturated heterocycles. The molecule has 1 aliphatic carbocycles. The SMILES string of the molecule is COC(=O)C(NC(=O)C(CC(C)C)Nc1ccc2c(cc1=O)C(NC(C)=O)CCc1cc(OC)c(OC)c(OC)c1-2)C(C)C. The lowest BCUT2D eigenvalue weighted by Crippen LogP contribution is -2.51. The van der Waals surface area contributed by atoms with Crippen molar-refractivity contribution in [2.75, 3.05) is 33.8 Å². The van der Waals surface area contributed by atoms with Crippen molar-refractivity contribution in [3.63, 3.8) is 0 Å². The average molecular weight is 612 g/mol. The first-order valence-electron chi connectivity index (χ1n) is 14.8. The summed E-state index contributed by atoms with van der Waals surface area (Å²) < 4.78 is 22.0. The number of ether oxygens (including phenoxy) is 4. The Balaban J connectivity index is 2.20. The number of fused-ring (bicyclic) bond motifs is 3. The van der Waals surface area contributed by atoms with Gasteiger partial charge >= 0.3 is 5.97 Å². The molecule has 2 aromatic carbocycles. The van der Waals surface area contributed by atoms with Gasteiger partial charge in [-0.2, -0.15) is 0 Å². The van der Waals surface area contributed by atoms with Gasteiger partial charge in [-0.3, -0.25) is 14.4 Å². The van der Waals surface area contributed by atoms with E-state index in [2.05, 4.69) is 16.0 Å². The van der Waals surface area contributed by atoms with E-state index in [1.165, 1.54) is 34.3 Å². The average Bonchev–Trinajstić information content (AvgIpc) is 3.21. The lowest BCUT2D eigenvalue weighted by atomic mass is 9.95. The van der Waals surface area contributed by atoms with Crippen molar-refractivity contribution in [2.45, 2.75) is 72.0 Å². The predicted molar refractivity (Wildman–Crippen MR) is 168 cm³/mol. The van der Waals surface area contributed by atoms with Crippen molar-refractivity contribution >= 4 is 23.5 Å². The summed E-state index contributed by atoms with van der Waals surface area (Å²) in [5, 5.41) is 8.94. The maximum Gasteiger partial charge on any atom is 0.328 e. The van der Waals surface area contributed by atoms with Crippen LogP contribution in [0.5, 0.6) is 17.2 Å². The molecule has 3 unspecified atom stereocenters. The summed E-state index contributed by atoms with van der Waals surface area (Å²) in [5.41, 5.74) is 2.75. The second kappa shape index (κ2) is 14.9. The third-order valence-corrected chi connectivity index (χ3v) is 7.69. The summed E-state index contributed by atoms with van der Waals surface area (Å²) in [6.07, 6.45) is 1.49. The predicted octanol–water partition coefficient (Wildman–Crippen LogP) is 4.00. The van der Waals surface area contributed by atoms with Gasteiger partial charge in [0, 0.05) is 12.5 Å².